The molecule has 1 N–H and O–H groups in total. The highest BCUT2D eigenvalue weighted by Crippen LogP contribution is 2.21. The van der Waals surface area contributed by atoms with Crippen molar-refractivity contribution in [2.75, 3.05) is 16.8 Å². The Bertz CT molecular complexity index is 668. The quantitative estimate of drug-likeness (QED) is 0.921. The fourth-order valence-corrected chi connectivity index (χ4v) is 3.83. The summed E-state index contributed by atoms with van der Waals surface area (Å²) in [6.45, 7) is 0. The molecule has 6 nitrogen and oxygen atoms in total. The van der Waals surface area contributed by atoms with Crippen LogP contribution in [-0.4, -0.2) is 40.7 Å². The summed E-state index contributed by atoms with van der Waals surface area (Å²) in [5.74, 6) is 1.23. The smallest absolute Gasteiger partial charge is 0.176 e. The minimum absolute atomic E-state index is 0.164. The largest absolute Gasteiger partial charge is 0.379 e. The van der Waals surface area contributed by atoms with Crippen molar-refractivity contribution in [3.8, 4) is 5.82 Å². The first-order valence-corrected chi connectivity index (χ1v) is 8.38. The normalized spacial score (nSPS) is 18.8. The van der Waals surface area contributed by atoms with Crippen molar-refractivity contribution in [3.63, 3.8) is 0 Å². The molecule has 3 rings (SSSR count). The van der Waals surface area contributed by atoms with Crippen molar-refractivity contribution in [1.29, 1.82) is 0 Å². The van der Waals surface area contributed by atoms with Gasteiger partial charge in [0.05, 0.1) is 17.2 Å². The second-order valence-corrected chi connectivity index (χ2v) is 7.20. The number of nitrogens with zero attached hydrogens (tertiary/aromatic N) is 3. The number of anilines is 1. The Morgan fingerprint density at radius 1 is 1.20 bits per heavy atom. The summed E-state index contributed by atoms with van der Waals surface area (Å²) < 4.78 is 24.6. The van der Waals surface area contributed by atoms with Crippen LogP contribution in [0, 0.1) is 0 Å². The summed E-state index contributed by atoms with van der Waals surface area (Å²) in [4.78, 5) is 4.33. The summed E-state index contributed by atoms with van der Waals surface area (Å²) in [5, 5.41) is 7.57. The molecule has 7 heteroatoms. The van der Waals surface area contributed by atoms with Gasteiger partial charge in [0, 0.05) is 24.6 Å². The zero-order chi connectivity index (χ0) is 14.0. The Kier molecular flexibility index (Phi) is 3.43. The van der Waals surface area contributed by atoms with E-state index >= 15 is 0 Å². The third-order valence-corrected chi connectivity index (χ3v) is 5.14. The fourth-order valence-electron chi connectivity index (χ4n) is 2.34. The molecule has 2 aromatic rings. The van der Waals surface area contributed by atoms with Crippen LogP contribution < -0.4 is 5.32 Å². The zero-order valence-electron chi connectivity index (χ0n) is 10.9. The molecule has 2 aromatic heterocycles. The third-order valence-electron chi connectivity index (χ3n) is 3.42. The van der Waals surface area contributed by atoms with Gasteiger partial charge in [-0.2, -0.15) is 5.10 Å². The molecule has 0 aromatic carbocycles. The molecule has 0 radical (unpaired) electrons. The van der Waals surface area contributed by atoms with Crippen LogP contribution in [0.5, 0.6) is 0 Å². The number of aromatic nitrogens is 3. The number of nitrogens with one attached hydrogen (secondary N) is 1. The molecule has 106 valence electrons. The Balaban J connectivity index is 1.79. The van der Waals surface area contributed by atoms with E-state index in [0.717, 1.165) is 11.5 Å². The van der Waals surface area contributed by atoms with Crippen molar-refractivity contribution in [1.82, 2.24) is 14.8 Å². The molecule has 0 bridgehead atoms. The molecule has 1 aliphatic rings. The summed E-state index contributed by atoms with van der Waals surface area (Å²) in [5.41, 5.74) is 0.875. The molecule has 0 amide bonds. The summed E-state index contributed by atoms with van der Waals surface area (Å²) in [6.07, 6.45) is 6.52. The van der Waals surface area contributed by atoms with Gasteiger partial charge >= 0.3 is 0 Å². The van der Waals surface area contributed by atoms with Gasteiger partial charge in [-0.3, -0.25) is 0 Å². The Morgan fingerprint density at radius 3 is 2.70 bits per heavy atom. The first-order valence-electron chi connectivity index (χ1n) is 6.56. The van der Waals surface area contributed by atoms with Gasteiger partial charge in [-0.15, -0.1) is 0 Å². The Hall–Kier alpha value is -1.89. The molecule has 0 aliphatic carbocycles. The van der Waals surface area contributed by atoms with Crippen molar-refractivity contribution < 1.29 is 8.42 Å². The van der Waals surface area contributed by atoms with E-state index in [4.69, 9.17) is 0 Å². The van der Waals surface area contributed by atoms with Crippen LogP contribution in [0.2, 0.25) is 0 Å². The standard InChI is InChI=1S/C13H16N4O2S/c18-20(19)9-4-11(5-10-20)16-12-3-1-6-14-13(12)17-8-2-7-15-17/h1-3,6-8,11,16H,4-5,9-10H2. The maximum absolute atomic E-state index is 11.4. The van der Waals surface area contributed by atoms with Gasteiger partial charge < -0.3 is 5.32 Å². The highest BCUT2D eigenvalue weighted by Gasteiger charge is 2.24. The number of hydrogen-bond acceptors (Lipinski definition) is 5. The zero-order valence-corrected chi connectivity index (χ0v) is 11.8. The molecule has 3 heterocycles. The van der Waals surface area contributed by atoms with Crippen molar-refractivity contribution in [2.45, 2.75) is 18.9 Å². The molecular formula is C13H16N4O2S. The molecule has 0 atom stereocenters. The van der Waals surface area contributed by atoms with Crippen LogP contribution in [0.4, 0.5) is 5.69 Å². The third kappa shape index (κ3) is 2.82. The number of sulfone groups is 1. The SMILES string of the molecule is O=S1(=O)CCC(Nc2cccnc2-n2cccn2)CC1. The van der Waals surface area contributed by atoms with Crippen molar-refractivity contribution in [3.05, 3.63) is 36.8 Å². The lowest BCUT2D eigenvalue weighted by molar-refractivity contribution is 0.559. The molecule has 20 heavy (non-hydrogen) atoms. The van der Waals surface area contributed by atoms with E-state index in [9.17, 15) is 8.42 Å². The summed E-state index contributed by atoms with van der Waals surface area (Å²) >= 11 is 0. The van der Waals surface area contributed by atoms with Crippen LogP contribution in [0.15, 0.2) is 36.8 Å². The molecule has 1 saturated heterocycles. The Labute approximate surface area is 117 Å². The maximum atomic E-state index is 11.4. The maximum Gasteiger partial charge on any atom is 0.176 e. The van der Waals surface area contributed by atoms with Gasteiger partial charge in [-0.1, -0.05) is 0 Å². The molecule has 1 fully saturated rings. The van der Waals surface area contributed by atoms with Gasteiger partial charge in [0.2, 0.25) is 0 Å². The topological polar surface area (TPSA) is 76.9 Å². The molecule has 0 unspecified atom stereocenters. The highest BCUT2D eigenvalue weighted by molar-refractivity contribution is 7.91. The van der Waals surface area contributed by atoms with Gasteiger partial charge in [0.1, 0.15) is 9.84 Å². The molecule has 1 aliphatic heterocycles. The van der Waals surface area contributed by atoms with Crippen LogP contribution in [0.3, 0.4) is 0 Å². The predicted octanol–water partition coefficient (Wildman–Crippen LogP) is 1.26. The average Bonchev–Trinajstić information content (AvgIpc) is 2.96. The lowest BCUT2D eigenvalue weighted by Crippen LogP contribution is -2.32. The van der Waals surface area contributed by atoms with E-state index in [-0.39, 0.29) is 17.5 Å². The van der Waals surface area contributed by atoms with E-state index in [1.54, 1.807) is 17.1 Å². The fraction of sp³-hybridized carbons (Fsp3) is 0.385. The lowest BCUT2D eigenvalue weighted by Gasteiger charge is -2.24. The minimum Gasteiger partial charge on any atom is -0.379 e. The van der Waals surface area contributed by atoms with Crippen LogP contribution in [0.1, 0.15) is 12.8 Å². The van der Waals surface area contributed by atoms with Gasteiger partial charge in [0.15, 0.2) is 5.82 Å². The van der Waals surface area contributed by atoms with Gasteiger partial charge in [-0.25, -0.2) is 18.1 Å². The van der Waals surface area contributed by atoms with Crippen LogP contribution >= 0.6 is 0 Å². The first kappa shape index (κ1) is 13.1. The second kappa shape index (κ2) is 5.24. The van der Waals surface area contributed by atoms with Gasteiger partial charge in [0.25, 0.3) is 0 Å². The molecule has 0 saturated carbocycles. The Morgan fingerprint density at radius 2 is 2.00 bits per heavy atom. The molecular weight excluding hydrogens is 276 g/mol. The number of hydrogen-bond donors (Lipinski definition) is 1. The second-order valence-electron chi connectivity index (χ2n) is 4.90. The van der Waals surface area contributed by atoms with Crippen molar-refractivity contribution >= 4 is 15.5 Å². The van der Waals surface area contributed by atoms with E-state index in [1.165, 1.54) is 0 Å². The average molecular weight is 292 g/mol. The lowest BCUT2D eigenvalue weighted by atomic mass is 10.1. The van der Waals surface area contributed by atoms with Gasteiger partial charge in [-0.05, 0) is 31.0 Å². The molecule has 0 spiro atoms. The number of rotatable bonds is 3. The monoisotopic (exact) mass is 292 g/mol. The minimum atomic E-state index is -2.83. The predicted molar refractivity (Wildman–Crippen MR) is 76.7 cm³/mol. The van der Waals surface area contributed by atoms with E-state index in [2.05, 4.69) is 15.4 Å². The summed E-state index contributed by atoms with van der Waals surface area (Å²) in [7, 11) is -2.83. The van der Waals surface area contributed by atoms with E-state index < -0.39 is 9.84 Å². The first-order chi connectivity index (χ1) is 9.64. The van der Waals surface area contributed by atoms with E-state index in [0.29, 0.717) is 12.8 Å². The van der Waals surface area contributed by atoms with Crippen LogP contribution in [0.25, 0.3) is 5.82 Å². The summed E-state index contributed by atoms with van der Waals surface area (Å²) in [6, 6.07) is 5.80. The van der Waals surface area contributed by atoms with E-state index in [1.807, 2.05) is 24.4 Å². The van der Waals surface area contributed by atoms with Crippen LogP contribution in [-0.2, 0) is 9.84 Å². The highest BCUT2D eigenvalue weighted by atomic mass is 32.2. The van der Waals surface area contributed by atoms with Crippen molar-refractivity contribution in [2.24, 2.45) is 0 Å². The number of pyridine rings is 1.